The second kappa shape index (κ2) is 4.80. The molecule has 1 aliphatic rings. The van der Waals surface area contributed by atoms with Crippen molar-refractivity contribution in [1.29, 1.82) is 0 Å². The molecule has 1 aromatic heterocycles. The Morgan fingerprint density at radius 2 is 2.25 bits per heavy atom. The average molecular weight is 273 g/mol. The molecule has 102 valence electrons. The van der Waals surface area contributed by atoms with E-state index < -0.39 is 5.82 Å². The number of hydrogen-bond acceptors (Lipinski definition) is 4. The third-order valence-electron chi connectivity index (χ3n) is 3.07. The number of nitrogen functional groups attached to an aromatic ring is 1. The van der Waals surface area contributed by atoms with Crippen LogP contribution in [0.1, 0.15) is 5.69 Å². The van der Waals surface area contributed by atoms with Gasteiger partial charge in [0.2, 0.25) is 0 Å². The fraction of sp³-hybridized carbons (Fsp3) is 0.143. The molecule has 0 atom stereocenters. The topological polar surface area (TPSA) is 68.5 Å². The maximum absolute atomic E-state index is 13.4. The van der Waals surface area contributed by atoms with Crippen LogP contribution in [0.25, 0.3) is 0 Å². The number of aromatic nitrogens is 1. The lowest BCUT2D eigenvalue weighted by molar-refractivity contribution is -0.121. The summed E-state index contributed by atoms with van der Waals surface area (Å²) in [5, 5.41) is 0. The van der Waals surface area contributed by atoms with E-state index in [0.29, 0.717) is 18.0 Å². The molecule has 0 spiro atoms. The van der Waals surface area contributed by atoms with Crippen molar-refractivity contribution < 1.29 is 13.9 Å². The molecular formula is C14H12FN3O2. The van der Waals surface area contributed by atoms with Crippen LogP contribution in [-0.2, 0) is 11.3 Å². The zero-order valence-electron chi connectivity index (χ0n) is 10.5. The van der Waals surface area contributed by atoms with Crippen molar-refractivity contribution >= 4 is 17.3 Å². The average Bonchev–Trinajstić information content (AvgIpc) is 2.45. The molecule has 0 aliphatic carbocycles. The van der Waals surface area contributed by atoms with E-state index >= 15 is 0 Å². The maximum Gasteiger partial charge on any atom is 0.265 e. The summed E-state index contributed by atoms with van der Waals surface area (Å²) in [6.45, 7) is 0.171. The van der Waals surface area contributed by atoms with Gasteiger partial charge >= 0.3 is 0 Å². The Balaban J connectivity index is 1.99. The third kappa shape index (κ3) is 2.16. The van der Waals surface area contributed by atoms with Gasteiger partial charge in [0.25, 0.3) is 5.91 Å². The summed E-state index contributed by atoms with van der Waals surface area (Å²) in [4.78, 5) is 17.7. The highest BCUT2D eigenvalue weighted by molar-refractivity contribution is 5.98. The van der Waals surface area contributed by atoms with Gasteiger partial charge in [-0.05, 0) is 18.2 Å². The summed E-state index contributed by atoms with van der Waals surface area (Å²) >= 11 is 0. The fourth-order valence-corrected chi connectivity index (χ4v) is 2.07. The van der Waals surface area contributed by atoms with Crippen LogP contribution in [0.5, 0.6) is 5.75 Å². The minimum atomic E-state index is -0.559. The minimum Gasteiger partial charge on any atom is -0.481 e. The van der Waals surface area contributed by atoms with Crippen LogP contribution in [0.3, 0.4) is 0 Å². The lowest BCUT2D eigenvalue weighted by Crippen LogP contribution is -2.38. The Morgan fingerprint density at radius 1 is 1.40 bits per heavy atom. The zero-order valence-corrected chi connectivity index (χ0v) is 10.5. The molecule has 2 heterocycles. The molecule has 1 aliphatic heterocycles. The second-order valence-electron chi connectivity index (χ2n) is 4.43. The van der Waals surface area contributed by atoms with E-state index in [2.05, 4.69) is 4.98 Å². The predicted molar refractivity (Wildman–Crippen MR) is 71.7 cm³/mol. The van der Waals surface area contributed by atoms with Gasteiger partial charge < -0.3 is 10.5 Å². The van der Waals surface area contributed by atoms with E-state index in [4.69, 9.17) is 10.5 Å². The predicted octanol–water partition coefficient (Wildman–Crippen LogP) is 1.73. The quantitative estimate of drug-likeness (QED) is 0.846. The number of carbonyl (C=O) groups excluding carboxylic acids is 1. The first-order valence-electron chi connectivity index (χ1n) is 6.07. The van der Waals surface area contributed by atoms with Crippen molar-refractivity contribution in [2.24, 2.45) is 0 Å². The summed E-state index contributed by atoms with van der Waals surface area (Å²) in [6.07, 6.45) is 1.65. The van der Waals surface area contributed by atoms with Gasteiger partial charge in [0, 0.05) is 12.3 Å². The first-order chi connectivity index (χ1) is 9.65. The van der Waals surface area contributed by atoms with Crippen LogP contribution in [-0.4, -0.2) is 17.5 Å². The molecule has 2 aromatic rings. The van der Waals surface area contributed by atoms with Crippen LogP contribution in [0.2, 0.25) is 0 Å². The Hall–Kier alpha value is -2.63. The van der Waals surface area contributed by atoms with Gasteiger partial charge in [-0.15, -0.1) is 0 Å². The highest BCUT2D eigenvalue weighted by Crippen LogP contribution is 2.36. The number of nitrogens with zero attached hydrogens (tertiary/aromatic N) is 2. The normalized spacial score (nSPS) is 13.8. The molecule has 0 saturated heterocycles. The fourth-order valence-electron chi connectivity index (χ4n) is 2.07. The molecule has 0 bridgehead atoms. The molecule has 20 heavy (non-hydrogen) atoms. The van der Waals surface area contributed by atoms with Crippen LogP contribution in [0, 0.1) is 5.82 Å². The summed E-state index contributed by atoms with van der Waals surface area (Å²) < 4.78 is 18.7. The molecule has 3 rings (SSSR count). The van der Waals surface area contributed by atoms with Gasteiger partial charge in [0.05, 0.1) is 23.6 Å². The molecule has 1 amide bonds. The smallest absolute Gasteiger partial charge is 0.265 e. The number of ether oxygens (including phenoxy) is 1. The lowest BCUT2D eigenvalue weighted by Gasteiger charge is -2.29. The molecule has 6 heteroatoms. The molecule has 2 N–H and O–H groups in total. The number of amides is 1. The number of pyridine rings is 1. The van der Waals surface area contributed by atoms with Crippen LogP contribution in [0.15, 0.2) is 36.5 Å². The number of halogens is 1. The molecule has 0 fully saturated rings. The Bertz CT molecular complexity index is 661. The number of anilines is 2. The van der Waals surface area contributed by atoms with E-state index in [1.807, 2.05) is 12.1 Å². The summed E-state index contributed by atoms with van der Waals surface area (Å²) in [7, 11) is 0. The van der Waals surface area contributed by atoms with Gasteiger partial charge in [-0.3, -0.25) is 14.7 Å². The van der Waals surface area contributed by atoms with E-state index in [0.717, 1.165) is 5.69 Å². The van der Waals surface area contributed by atoms with E-state index in [-0.39, 0.29) is 18.2 Å². The molecule has 0 saturated carbocycles. The number of benzene rings is 1. The summed E-state index contributed by atoms with van der Waals surface area (Å²) in [5.41, 5.74) is 6.74. The molecule has 5 nitrogen and oxygen atoms in total. The standard InChI is InChI=1S/C14H12FN3O2/c15-10-5-13-12(6-11(10)16)18(14(19)8-20-13)7-9-3-1-2-4-17-9/h1-6H,7-8,16H2. The van der Waals surface area contributed by atoms with Crippen molar-refractivity contribution in [3.05, 3.63) is 48.0 Å². The third-order valence-corrected chi connectivity index (χ3v) is 3.07. The van der Waals surface area contributed by atoms with Crippen molar-refractivity contribution in [3.63, 3.8) is 0 Å². The number of carbonyl (C=O) groups is 1. The molecule has 0 radical (unpaired) electrons. The van der Waals surface area contributed by atoms with E-state index in [1.54, 1.807) is 12.3 Å². The molecule has 0 unspecified atom stereocenters. The van der Waals surface area contributed by atoms with Crippen molar-refractivity contribution in [2.75, 3.05) is 17.2 Å². The van der Waals surface area contributed by atoms with Gasteiger partial charge in [-0.2, -0.15) is 0 Å². The summed E-state index contributed by atoms with van der Waals surface area (Å²) in [6, 6.07) is 8.06. The van der Waals surface area contributed by atoms with Gasteiger partial charge in [-0.25, -0.2) is 4.39 Å². The highest BCUT2D eigenvalue weighted by atomic mass is 19.1. The Morgan fingerprint density at radius 3 is 3.00 bits per heavy atom. The first-order valence-corrected chi connectivity index (χ1v) is 6.07. The molecule has 1 aromatic carbocycles. The minimum absolute atomic E-state index is 0.0203. The zero-order chi connectivity index (χ0) is 14.1. The largest absolute Gasteiger partial charge is 0.481 e. The number of rotatable bonds is 2. The van der Waals surface area contributed by atoms with Crippen molar-refractivity contribution in [1.82, 2.24) is 4.98 Å². The molecular weight excluding hydrogens is 261 g/mol. The number of nitrogens with two attached hydrogens (primary N) is 1. The first kappa shape index (κ1) is 12.4. The number of fused-ring (bicyclic) bond motifs is 1. The Labute approximate surface area is 114 Å². The SMILES string of the molecule is Nc1cc2c(cc1F)OCC(=O)N2Cc1ccccn1. The van der Waals surface area contributed by atoms with Gasteiger partial charge in [0.1, 0.15) is 11.6 Å². The summed E-state index contributed by atoms with van der Waals surface area (Å²) in [5.74, 6) is -0.461. The van der Waals surface area contributed by atoms with Crippen LogP contribution < -0.4 is 15.4 Å². The van der Waals surface area contributed by atoms with Gasteiger partial charge in [0.15, 0.2) is 6.61 Å². The van der Waals surface area contributed by atoms with Crippen LogP contribution >= 0.6 is 0 Å². The van der Waals surface area contributed by atoms with E-state index in [1.165, 1.54) is 17.0 Å². The number of hydrogen-bond donors (Lipinski definition) is 1. The highest BCUT2D eigenvalue weighted by Gasteiger charge is 2.27. The maximum atomic E-state index is 13.4. The monoisotopic (exact) mass is 273 g/mol. The van der Waals surface area contributed by atoms with Crippen molar-refractivity contribution in [2.45, 2.75) is 6.54 Å². The van der Waals surface area contributed by atoms with Crippen LogP contribution in [0.4, 0.5) is 15.8 Å². The van der Waals surface area contributed by atoms with Crippen molar-refractivity contribution in [3.8, 4) is 5.75 Å². The van der Waals surface area contributed by atoms with E-state index in [9.17, 15) is 9.18 Å². The lowest BCUT2D eigenvalue weighted by atomic mass is 10.2. The Kier molecular flexibility index (Phi) is 2.98. The second-order valence-corrected chi connectivity index (χ2v) is 4.43. The van der Waals surface area contributed by atoms with Gasteiger partial charge in [-0.1, -0.05) is 6.07 Å².